The maximum Gasteiger partial charge on any atom is 0.337 e. The summed E-state index contributed by atoms with van der Waals surface area (Å²) in [4.78, 5) is 10.7. The van der Waals surface area contributed by atoms with E-state index in [2.05, 4.69) is 0 Å². The van der Waals surface area contributed by atoms with Crippen molar-refractivity contribution in [3.8, 4) is 0 Å². The molecule has 1 rings (SSSR count). The molecule has 76 valence electrons. The van der Waals surface area contributed by atoms with E-state index in [1.807, 2.05) is 0 Å². The van der Waals surface area contributed by atoms with Crippen LogP contribution in [0.5, 0.6) is 0 Å². The molecule has 0 unspecified atom stereocenters. The van der Waals surface area contributed by atoms with Crippen LogP contribution in [0.25, 0.3) is 0 Å². The molecular weight excluding hydrogens is 209 g/mol. The summed E-state index contributed by atoms with van der Waals surface area (Å²) >= 11 is 5.66. The maximum absolute atomic E-state index is 12.1. The fraction of sp³-hybridized carbons (Fsp3) is 0.222. The smallest absolute Gasteiger partial charge is 0.337 e. The van der Waals surface area contributed by atoms with Gasteiger partial charge < -0.3 is 10.8 Å². The monoisotopic (exact) mass is 217 g/mol. The molecule has 0 bridgehead atoms. The minimum absolute atomic E-state index is 0.0761. The van der Waals surface area contributed by atoms with Gasteiger partial charge in [0.15, 0.2) is 0 Å². The SMILES string of the molecule is Nc1c(CCF)cc(Cl)cc1C(=O)O. The van der Waals surface area contributed by atoms with E-state index in [1.54, 1.807) is 0 Å². The van der Waals surface area contributed by atoms with Crippen LogP contribution in [-0.2, 0) is 6.42 Å². The zero-order valence-electron chi connectivity index (χ0n) is 7.26. The number of hydrogen-bond donors (Lipinski definition) is 2. The number of nitrogen functional groups attached to an aromatic ring is 1. The van der Waals surface area contributed by atoms with E-state index in [0.29, 0.717) is 5.56 Å². The number of hydrogen-bond acceptors (Lipinski definition) is 2. The van der Waals surface area contributed by atoms with Gasteiger partial charge in [-0.05, 0) is 17.7 Å². The van der Waals surface area contributed by atoms with Crippen LogP contribution < -0.4 is 5.73 Å². The molecule has 0 aliphatic heterocycles. The maximum atomic E-state index is 12.1. The summed E-state index contributed by atoms with van der Waals surface area (Å²) in [7, 11) is 0. The third-order valence-corrected chi connectivity index (χ3v) is 2.04. The molecule has 1 aromatic carbocycles. The molecule has 0 fully saturated rings. The van der Waals surface area contributed by atoms with Gasteiger partial charge in [0.1, 0.15) is 0 Å². The molecule has 0 atom stereocenters. The molecule has 0 radical (unpaired) electrons. The standard InChI is InChI=1S/C9H9ClFNO2/c10-6-3-5(1-2-11)8(12)7(4-6)9(13)14/h3-4H,1-2,12H2,(H,13,14). The van der Waals surface area contributed by atoms with E-state index in [9.17, 15) is 9.18 Å². The Bertz CT molecular complexity index is 368. The van der Waals surface area contributed by atoms with Crippen LogP contribution >= 0.6 is 11.6 Å². The van der Waals surface area contributed by atoms with Gasteiger partial charge >= 0.3 is 5.97 Å². The summed E-state index contributed by atoms with van der Waals surface area (Å²) in [5.74, 6) is -1.16. The highest BCUT2D eigenvalue weighted by molar-refractivity contribution is 6.31. The van der Waals surface area contributed by atoms with Crippen LogP contribution in [0.1, 0.15) is 15.9 Å². The molecule has 0 spiro atoms. The second-order valence-electron chi connectivity index (χ2n) is 2.77. The fourth-order valence-corrected chi connectivity index (χ4v) is 1.40. The molecule has 0 saturated heterocycles. The second kappa shape index (κ2) is 4.28. The Morgan fingerprint density at radius 1 is 1.57 bits per heavy atom. The predicted molar refractivity (Wildman–Crippen MR) is 52.5 cm³/mol. The van der Waals surface area contributed by atoms with E-state index in [1.165, 1.54) is 12.1 Å². The lowest BCUT2D eigenvalue weighted by atomic mass is 10.1. The largest absolute Gasteiger partial charge is 0.478 e. The van der Waals surface area contributed by atoms with E-state index in [0.717, 1.165) is 0 Å². The van der Waals surface area contributed by atoms with Crippen molar-refractivity contribution in [3.63, 3.8) is 0 Å². The van der Waals surface area contributed by atoms with Crippen molar-refractivity contribution in [1.29, 1.82) is 0 Å². The van der Waals surface area contributed by atoms with Crippen molar-refractivity contribution in [2.45, 2.75) is 6.42 Å². The van der Waals surface area contributed by atoms with Gasteiger partial charge in [0.25, 0.3) is 0 Å². The van der Waals surface area contributed by atoms with Crippen molar-refractivity contribution >= 4 is 23.3 Å². The van der Waals surface area contributed by atoms with Gasteiger partial charge in [0.05, 0.1) is 12.2 Å². The van der Waals surface area contributed by atoms with Gasteiger partial charge in [-0.3, -0.25) is 4.39 Å². The van der Waals surface area contributed by atoms with Crippen LogP contribution in [0.2, 0.25) is 5.02 Å². The van der Waals surface area contributed by atoms with Gasteiger partial charge in [0.2, 0.25) is 0 Å². The Kier molecular flexibility index (Phi) is 3.30. The van der Waals surface area contributed by atoms with Crippen LogP contribution in [0.4, 0.5) is 10.1 Å². The van der Waals surface area contributed by atoms with E-state index in [4.69, 9.17) is 22.4 Å². The molecule has 0 aliphatic carbocycles. The van der Waals surface area contributed by atoms with E-state index in [-0.39, 0.29) is 22.7 Å². The van der Waals surface area contributed by atoms with Gasteiger partial charge in [-0.15, -0.1) is 0 Å². The first-order valence-electron chi connectivity index (χ1n) is 3.93. The highest BCUT2D eigenvalue weighted by atomic mass is 35.5. The molecule has 0 saturated carbocycles. The van der Waals surface area contributed by atoms with Crippen molar-refractivity contribution in [3.05, 3.63) is 28.3 Å². The lowest BCUT2D eigenvalue weighted by Crippen LogP contribution is -2.06. The van der Waals surface area contributed by atoms with Crippen molar-refractivity contribution < 1.29 is 14.3 Å². The molecule has 0 amide bonds. The van der Waals surface area contributed by atoms with Crippen molar-refractivity contribution in [2.24, 2.45) is 0 Å². The predicted octanol–water partition coefficient (Wildman–Crippen LogP) is 2.13. The van der Waals surface area contributed by atoms with Gasteiger partial charge in [-0.1, -0.05) is 11.6 Å². The van der Waals surface area contributed by atoms with Crippen molar-refractivity contribution in [1.82, 2.24) is 0 Å². The van der Waals surface area contributed by atoms with Crippen LogP contribution in [0.15, 0.2) is 12.1 Å². The Labute approximate surface area is 85.3 Å². The molecule has 0 aromatic heterocycles. The summed E-state index contributed by atoms with van der Waals surface area (Å²) in [6.07, 6.45) is 0.0761. The summed E-state index contributed by atoms with van der Waals surface area (Å²) < 4.78 is 12.1. The molecule has 5 heteroatoms. The molecular formula is C9H9ClFNO2. The van der Waals surface area contributed by atoms with Crippen molar-refractivity contribution in [2.75, 3.05) is 12.4 Å². The van der Waals surface area contributed by atoms with Gasteiger partial charge in [0, 0.05) is 17.1 Å². The lowest BCUT2D eigenvalue weighted by molar-refractivity contribution is 0.0698. The van der Waals surface area contributed by atoms with Crippen LogP contribution in [0, 0.1) is 0 Å². The average Bonchev–Trinajstić information content (AvgIpc) is 2.10. The van der Waals surface area contributed by atoms with E-state index < -0.39 is 12.6 Å². The highest BCUT2D eigenvalue weighted by Gasteiger charge is 2.12. The first kappa shape index (κ1) is 10.8. The Morgan fingerprint density at radius 3 is 2.71 bits per heavy atom. The third kappa shape index (κ3) is 2.14. The van der Waals surface area contributed by atoms with Crippen LogP contribution in [0.3, 0.4) is 0 Å². The van der Waals surface area contributed by atoms with Gasteiger partial charge in [-0.2, -0.15) is 0 Å². The number of aryl methyl sites for hydroxylation is 1. The number of nitrogens with two attached hydrogens (primary N) is 1. The average molecular weight is 218 g/mol. The molecule has 0 heterocycles. The number of halogens is 2. The fourth-order valence-electron chi connectivity index (χ4n) is 1.16. The Morgan fingerprint density at radius 2 is 2.21 bits per heavy atom. The highest BCUT2D eigenvalue weighted by Crippen LogP contribution is 2.24. The third-order valence-electron chi connectivity index (χ3n) is 1.82. The Balaban J connectivity index is 3.24. The number of carboxylic acids is 1. The molecule has 3 N–H and O–H groups in total. The minimum atomic E-state index is -1.16. The zero-order chi connectivity index (χ0) is 10.7. The van der Waals surface area contributed by atoms with Gasteiger partial charge in [-0.25, -0.2) is 4.79 Å². The number of rotatable bonds is 3. The number of aromatic carboxylic acids is 1. The number of carbonyl (C=O) groups is 1. The molecule has 1 aromatic rings. The summed E-state index contributed by atoms with van der Waals surface area (Å²) in [5, 5.41) is 9.00. The minimum Gasteiger partial charge on any atom is -0.478 e. The number of alkyl halides is 1. The first-order chi connectivity index (χ1) is 6.56. The topological polar surface area (TPSA) is 63.3 Å². The van der Waals surface area contributed by atoms with E-state index >= 15 is 0 Å². The quantitative estimate of drug-likeness (QED) is 0.763. The zero-order valence-corrected chi connectivity index (χ0v) is 8.01. The number of anilines is 1. The summed E-state index contributed by atoms with van der Waals surface area (Å²) in [5.41, 5.74) is 5.96. The number of carboxylic acid groups (broad SMARTS) is 1. The number of benzene rings is 1. The molecule has 0 aliphatic rings. The summed E-state index contributed by atoms with van der Waals surface area (Å²) in [6.45, 7) is -0.594. The summed E-state index contributed by atoms with van der Waals surface area (Å²) in [6, 6.07) is 2.73. The molecule has 3 nitrogen and oxygen atoms in total. The Hall–Kier alpha value is -1.29. The van der Waals surface area contributed by atoms with Crippen LogP contribution in [-0.4, -0.2) is 17.8 Å². The second-order valence-corrected chi connectivity index (χ2v) is 3.21. The lowest BCUT2D eigenvalue weighted by Gasteiger charge is -2.07. The first-order valence-corrected chi connectivity index (χ1v) is 4.31. The molecule has 14 heavy (non-hydrogen) atoms. The normalized spacial score (nSPS) is 10.1.